The Morgan fingerprint density at radius 3 is 3.12 bits per heavy atom. The van der Waals surface area contributed by atoms with E-state index in [-0.39, 0.29) is 0 Å². The number of imidazole rings is 1. The molecule has 17 heavy (non-hydrogen) atoms. The van der Waals surface area contributed by atoms with Gasteiger partial charge in [0.2, 0.25) is 0 Å². The van der Waals surface area contributed by atoms with Crippen LogP contribution in [0.1, 0.15) is 5.56 Å². The number of nitrogens with one attached hydrogen (secondary N) is 1. The van der Waals surface area contributed by atoms with Gasteiger partial charge in [0.25, 0.3) is 0 Å². The molecule has 6 heteroatoms. The van der Waals surface area contributed by atoms with Gasteiger partial charge in [0.05, 0.1) is 11.9 Å². The summed E-state index contributed by atoms with van der Waals surface area (Å²) in [5.41, 5.74) is 8.98. The van der Waals surface area contributed by atoms with Crippen molar-refractivity contribution in [2.24, 2.45) is 5.73 Å². The smallest absolute Gasteiger partial charge is 0.157 e. The fourth-order valence-corrected chi connectivity index (χ4v) is 2.13. The van der Waals surface area contributed by atoms with Crippen molar-refractivity contribution in [1.82, 2.24) is 19.6 Å². The number of pyridine rings is 1. The van der Waals surface area contributed by atoms with Gasteiger partial charge in [-0.15, -0.1) is 0 Å². The topological polar surface area (TPSA) is 72.0 Å². The largest absolute Gasteiger partial charge is 0.326 e. The van der Waals surface area contributed by atoms with Gasteiger partial charge < -0.3 is 5.73 Å². The Morgan fingerprint density at radius 2 is 2.29 bits per heavy atom. The molecule has 0 fully saturated rings. The Morgan fingerprint density at radius 1 is 1.41 bits per heavy atom. The molecule has 0 aliphatic rings. The number of aromatic nitrogens is 4. The van der Waals surface area contributed by atoms with Gasteiger partial charge in [-0.2, -0.15) is 5.10 Å². The van der Waals surface area contributed by atoms with Gasteiger partial charge in [0.1, 0.15) is 11.3 Å². The zero-order valence-electron chi connectivity index (χ0n) is 8.89. The third-order valence-corrected chi connectivity index (χ3v) is 2.93. The molecule has 3 aromatic rings. The second kappa shape index (κ2) is 3.87. The van der Waals surface area contributed by atoms with Crippen molar-refractivity contribution >= 4 is 17.2 Å². The Labute approximate surface area is 102 Å². The lowest BCUT2D eigenvalue weighted by atomic mass is 10.2. The van der Waals surface area contributed by atoms with E-state index in [0.29, 0.717) is 11.7 Å². The highest BCUT2D eigenvalue weighted by atomic mass is 35.5. The third kappa shape index (κ3) is 1.51. The molecular formula is C11H10ClN5. The molecule has 0 aliphatic heterocycles. The molecule has 0 radical (unpaired) electrons. The number of H-pyrrole nitrogens is 1. The minimum atomic E-state index is 0.405. The molecule has 3 aromatic heterocycles. The van der Waals surface area contributed by atoms with E-state index in [0.717, 1.165) is 22.6 Å². The summed E-state index contributed by atoms with van der Waals surface area (Å²) in [5, 5.41) is 7.35. The lowest BCUT2D eigenvalue weighted by Crippen LogP contribution is -1.98. The Bertz CT molecular complexity index is 669. The van der Waals surface area contributed by atoms with E-state index < -0.39 is 0 Å². The molecule has 3 heterocycles. The average Bonchev–Trinajstić information content (AvgIpc) is 2.90. The molecule has 3 rings (SSSR count). The van der Waals surface area contributed by atoms with Crippen LogP contribution in [0.2, 0.25) is 5.15 Å². The zero-order chi connectivity index (χ0) is 11.8. The number of nitrogens with zero attached hydrogens (tertiary/aromatic N) is 3. The lowest BCUT2D eigenvalue weighted by Gasteiger charge is -2.01. The summed E-state index contributed by atoms with van der Waals surface area (Å²) in [4.78, 5) is 4.28. The van der Waals surface area contributed by atoms with Crippen LogP contribution in [0.4, 0.5) is 0 Å². The minimum Gasteiger partial charge on any atom is -0.326 e. The summed E-state index contributed by atoms with van der Waals surface area (Å²) < 4.78 is 1.91. The van der Waals surface area contributed by atoms with Gasteiger partial charge in [0, 0.05) is 18.3 Å². The molecule has 0 amide bonds. The Hall–Kier alpha value is -1.85. The van der Waals surface area contributed by atoms with Crippen LogP contribution in [0, 0.1) is 0 Å². The summed E-state index contributed by atoms with van der Waals surface area (Å²) >= 11 is 6.17. The normalized spacial score (nSPS) is 11.2. The molecule has 0 aromatic carbocycles. The standard InChI is InChI=1S/C11H10ClN5/c12-11-10(9-7(5-13)6-14-16-9)17-4-2-1-3-8(17)15-11/h1-4,6H,5,13H2,(H,14,16). The number of hydrogen-bond acceptors (Lipinski definition) is 3. The fourth-order valence-electron chi connectivity index (χ4n) is 1.86. The van der Waals surface area contributed by atoms with Crippen LogP contribution in [0.3, 0.4) is 0 Å². The average molecular weight is 248 g/mol. The van der Waals surface area contributed by atoms with E-state index in [9.17, 15) is 0 Å². The van der Waals surface area contributed by atoms with Crippen molar-refractivity contribution in [2.75, 3.05) is 0 Å². The maximum absolute atomic E-state index is 6.17. The van der Waals surface area contributed by atoms with Crippen molar-refractivity contribution < 1.29 is 0 Å². The van der Waals surface area contributed by atoms with Crippen molar-refractivity contribution in [1.29, 1.82) is 0 Å². The molecule has 3 N–H and O–H groups in total. The molecule has 0 atom stereocenters. The number of fused-ring (bicyclic) bond motifs is 1. The predicted molar refractivity (Wildman–Crippen MR) is 65.7 cm³/mol. The molecule has 5 nitrogen and oxygen atoms in total. The first-order valence-corrected chi connectivity index (χ1v) is 5.54. The van der Waals surface area contributed by atoms with Gasteiger partial charge in [-0.25, -0.2) is 4.98 Å². The highest BCUT2D eigenvalue weighted by Gasteiger charge is 2.16. The van der Waals surface area contributed by atoms with Gasteiger partial charge >= 0.3 is 0 Å². The molecule has 0 aliphatic carbocycles. The quantitative estimate of drug-likeness (QED) is 0.726. The third-order valence-electron chi connectivity index (χ3n) is 2.66. The second-order valence-electron chi connectivity index (χ2n) is 3.65. The van der Waals surface area contributed by atoms with Crippen LogP contribution in [0.25, 0.3) is 17.0 Å². The number of hydrogen-bond donors (Lipinski definition) is 2. The van der Waals surface area contributed by atoms with E-state index >= 15 is 0 Å². The molecule has 0 saturated heterocycles. The molecule has 86 valence electrons. The molecule has 0 unspecified atom stereocenters. The first-order valence-electron chi connectivity index (χ1n) is 5.16. The number of rotatable bonds is 2. The first kappa shape index (κ1) is 10.3. The van der Waals surface area contributed by atoms with Crippen molar-refractivity contribution in [3.63, 3.8) is 0 Å². The van der Waals surface area contributed by atoms with Crippen LogP contribution in [-0.2, 0) is 6.54 Å². The maximum atomic E-state index is 6.17. The SMILES string of the molecule is NCc1cn[nH]c1-c1c(Cl)nc2ccccn12. The van der Waals surface area contributed by atoms with Gasteiger partial charge in [-0.1, -0.05) is 17.7 Å². The summed E-state index contributed by atoms with van der Waals surface area (Å²) in [6.07, 6.45) is 3.61. The lowest BCUT2D eigenvalue weighted by molar-refractivity contribution is 1.06. The fraction of sp³-hybridized carbons (Fsp3) is 0.0909. The highest BCUT2D eigenvalue weighted by molar-refractivity contribution is 6.32. The van der Waals surface area contributed by atoms with Gasteiger partial charge in [-0.3, -0.25) is 9.50 Å². The summed E-state index contributed by atoms with van der Waals surface area (Å²) in [5.74, 6) is 0. The number of nitrogens with two attached hydrogens (primary N) is 1. The first-order chi connectivity index (χ1) is 8.31. The molecular weight excluding hydrogens is 238 g/mol. The van der Waals surface area contributed by atoms with E-state index in [1.165, 1.54) is 0 Å². The molecule has 0 saturated carbocycles. The van der Waals surface area contributed by atoms with Crippen LogP contribution >= 0.6 is 11.6 Å². The van der Waals surface area contributed by atoms with Crippen LogP contribution in [-0.4, -0.2) is 19.6 Å². The monoisotopic (exact) mass is 247 g/mol. The van der Waals surface area contributed by atoms with Crippen LogP contribution in [0.5, 0.6) is 0 Å². The number of halogens is 1. The minimum absolute atomic E-state index is 0.405. The summed E-state index contributed by atoms with van der Waals surface area (Å²) in [6, 6.07) is 5.74. The number of aromatic amines is 1. The van der Waals surface area contributed by atoms with E-state index in [1.807, 2.05) is 28.8 Å². The summed E-state index contributed by atoms with van der Waals surface area (Å²) in [7, 11) is 0. The molecule has 0 spiro atoms. The van der Waals surface area contributed by atoms with E-state index in [4.69, 9.17) is 17.3 Å². The van der Waals surface area contributed by atoms with Crippen LogP contribution in [0.15, 0.2) is 30.6 Å². The summed E-state index contributed by atoms with van der Waals surface area (Å²) in [6.45, 7) is 0.405. The van der Waals surface area contributed by atoms with Crippen LogP contribution < -0.4 is 5.73 Å². The molecule has 0 bridgehead atoms. The predicted octanol–water partition coefficient (Wildman–Crippen LogP) is 1.84. The van der Waals surface area contributed by atoms with Gasteiger partial charge in [-0.05, 0) is 12.1 Å². The Balaban J connectivity index is 2.33. The highest BCUT2D eigenvalue weighted by Crippen LogP contribution is 2.29. The van der Waals surface area contributed by atoms with Crippen molar-refractivity contribution in [3.8, 4) is 11.4 Å². The van der Waals surface area contributed by atoms with Crippen molar-refractivity contribution in [3.05, 3.63) is 41.3 Å². The maximum Gasteiger partial charge on any atom is 0.157 e. The van der Waals surface area contributed by atoms with Crippen molar-refractivity contribution in [2.45, 2.75) is 6.54 Å². The Kier molecular flexibility index (Phi) is 2.35. The van der Waals surface area contributed by atoms with E-state index in [2.05, 4.69) is 15.2 Å². The second-order valence-corrected chi connectivity index (χ2v) is 4.01. The van der Waals surface area contributed by atoms with Gasteiger partial charge in [0.15, 0.2) is 5.15 Å². The van der Waals surface area contributed by atoms with E-state index in [1.54, 1.807) is 6.20 Å². The zero-order valence-corrected chi connectivity index (χ0v) is 9.65.